The maximum absolute atomic E-state index is 13.2. The van der Waals surface area contributed by atoms with E-state index in [2.05, 4.69) is 10.3 Å². The molecule has 0 spiro atoms. The molecule has 0 saturated heterocycles. The van der Waals surface area contributed by atoms with Crippen molar-refractivity contribution in [1.82, 2.24) is 18.7 Å². The molecule has 0 saturated carbocycles. The maximum atomic E-state index is 13.2. The van der Waals surface area contributed by atoms with Gasteiger partial charge < -0.3 is 15.2 Å². The van der Waals surface area contributed by atoms with Gasteiger partial charge in [0, 0.05) is 13.6 Å². The molecule has 0 fully saturated rings. The number of imidazole rings is 1. The number of hydrogen-bond donors (Lipinski definition) is 2. The number of aliphatic hydroxyl groups is 1. The average molecular weight is 425 g/mol. The molecule has 1 aliphatic carbocycles. The quantitative estimate of drug-likeness (QED) is 0.556. The van der Waals surface area contributed by atoms with E-state index < -0.39 is 11.2 Å². The smallest absolute Gasteiger partial charge is 0.332 e. The Morgan fingerprint density at radius 2 is 1.84 bits per heavy atom. The molecule has 9 heteroatoms. The van der Waals surface area contributed by atoms with Crippen LogP contribution < -0.4 is 21.3 Å². The van der Waals surface area contributed by atoms with Gasteiger partial charge in [-0.2, -0.15) is 4.98 Å². The topological polar surface area (TPSA) is 103 Å². The van der Waals surface area contributed by atoms with Crippen LogP contribution in [0, 0.1) is 0 Å². The molecule has 1 aliphatic rings. The molecular weight excluding hydrogens is 398 g/mol. The van der Waals surface area contributed by atoms with Gasteiger partial charge in [-0.1, -0.05) is 24.3 Å². The number of nitrogens with zero attached hydrogens (tertiary/aromatic N) is 4. The van der Waals surface area contributed by atoms with Crippen LogP contribution in [0.5, 0.6) is 5.75 Å². The Morgan fingerprint density at radius 3 is 2.42 bits per heavy atom. The molecule has 0 unspecified atom stereocenters. The molecule has 9 nitrogen and oxygen atoms in total. The van der Waals surface area contributed by atoms with Crippen LogP contribution in [0.25, 0.3) is 11.2 Å². The fourth-order valence-corrected chi connectivity index (χ4v) is 4.02. The molecular formula is C22H27N5O4. The first-order valence-electron chi connectivity index (χ1n) is 10.3. The number of aryl methyl sites for hydroxylation is 1. The van der Waals surface area contributed by atoms with Crippen molar-refractivity contribution in [3.8, 4) is 5.75 Å². The van der Waals surface area contributed by atoms with Gasteiger partial charge >= 0.3 is 5.69 Å². The van der Waals surface area contributed by atoms with Gasteiger partial charge in [-0.05, 0) is 37.5 Å². The molecule has 2 aromatic heterocycles. The van der Waals surface area contributed by atoms with Crippen LogP contribution in [0.4, 0.5) is 5.95 Å². The SMILES string of the molecule is CCn1c(=O)c2c(nc(NC3(CO)CC=CC3)n2Cc2ccc(OC)cc2)n(C)c1=O. The van der Waals surface area contributed by atoms with E-state index in [-0.39, 0.29) is 18.7 Å². The van der Waals surface area contributed by atoms with Gasteiger partial charge in [-0.25, -0.2) is 4.79 Å². The normalized spacial score (nSPS) is 15.0. The fraction of sp³-hybridized carbons (Fsp3) is 0.409. The predicted octanol–water partition coefficient (Wildman–Crippen LogP) is 1.47. The molecule has 164 valence electrons. The maximum Gasteiger partial charge on any atom is 0.332 e. The van der Waals surface area contributed by atoms with Gasteiger partial charge in [0.2, 0.25) is 5.95 Å². The highest BCUT2D eigenvalue weighted by molar-refractivity contribution is 5.74. The third-order valence-corrected chi connectivity index (χ3v) is 5.91. The number of nitrogens with one attached hydrogen (secondary N) is 1. The summed E-state index contributed by atoms with van der Waals surface area (Å²) in [6, 6.07) is 7.57. The van der Waals surface area contributed by atoms with Crippen molar-refractivity contribution in [2.75, 3.05) is 19.0 Å². The van der Waals surface area contributed by atoms with Gasteiger partial charge in [0.05, 0.1) is 25.8 Å². The Bertz CT molecular complexity index is 1240. The lowest BCUT2D eigenvalue weighted by Crippen LogP contribution is -2.40. The van der Waals surface area contributed by atoms with E-state index in [9.17, 15) is 14.7 Å². The first-order valence-corrected chi connectivity index (χ1v) is 10.3. The third-order valence-electron chi connectivity index (χ3n) is 5.91. The lowest BCUT2D eigenvalue weighted by molar-refractivity contribution is 0.217. The summed E-state index contributed by atoms with van der Waals surface area (Å²) in [5.41, 5.74) is 0.247. The van der Waals surface area contributed by atoms with Crippen LogP contribution in [0.2, 0.25) is 0 Å². The largest absolute Gasteiger partial charge is 0.497 e. The number of benzene rings is 1. The molecule has 1 aromatic carbocycles. The predicted molar refractivity (Wildman–Crippen MR) is 119 cm³/mol. The molecule has 0 aliphatic heterocycles. The number of methoxy groups -OCH3 is 1. The molecule has 31 heavy (non-hydrogen) atoms. The minimum Gasteiger partial charge on any atom is -0.497 e. The lowest BCUT2D eigenvalue weighted by atomic mass is 9.98. The number of ether oxygens (including phenoxy) is 1. The summed E-state index contributed by atoms with van der Waals surface area (Å²) >= 11 is 0. The van der Waals surface area contributed by atoms with Crippen LogP contribution in [0.15, 0.2) is 46.0 Å². The summed E-state index contributed by atoms with van der Waals surface area (Å²) in [7, 11) is 3.22. The molecule has 0 bridgehead atoms. The van der Waals surface area contributed by atoms with Crippen LogP contribution in [0.3, 0.4) is 0 Å². The number of rotatable bonds is 7. The Labute approximate surface area is 179 Å². The third kappa shape index (κ3) is 3.54. The second kappa shape index (κ2) is 8.07. The van der Waals surface area contributed by atoms with E-state index in [4.69, 9.17) is 4.74 Å². The zero-order chi connectivity index (χ0) is 22.2. The van der Waals surface area contributed by atoms with Gasteiger partial charge in [0.15, 0.2) is 11.2 Å². The number of aromatic nitrogens is 4. The molecule has 3 aromatic rings. The first kappa shape index (κ1) is 20.9. The molecule has 0 amide bonds. The second-order valence-corrected chi connectivity index (χ2v) is 7.88. The van der Waals surface area contributed by atoms with Crippen LogP contribution >= 0.6 is 0 Å². The van der Waals surface area contributed by atoms with E-state index in [0.29, 0.717) is 36.5 Å². The number of hydrogen-bond acceptors (Lipinski definition) is 6. The highest BCUT2D eigenvalue weighted by atomic mass is 16.5. The molecule has 0 radical (unpaired) electrons. The van der Waals surface area contributed by atoms with Gasteiger partial charge in [0.1, 0.15) is 5.75 Å². The summed E-state index contributed by atoms with van der Waals surface area (Å²) in [4.78, 5) is 30.5. The van der Waals surface area contributed by atoms with Crippen molar-refractivity contribution in [3.05, 3.63) is 62.8 Å². The van der Waals surface area contributed by atoms with Crippen LogP contribution in [0.1, 0.15) is 25.3 Å². The number of aliphatic hydroxyl groups excluding tert-OH is 1. The zero-order valence-corrected chi connectivity index (χ0v) is 18.0. The summed E-state index contributed by atoms with van der Waals surface area (Å²) in [6.45, 7) is 2.32. The standard InChI is InChI=1S/C22H27N5O4/c1-4-26-19(29)17-18(25(2)21(26)30)23-20(24-22(14-28)11-5-6-12-22)27(17)13-15-7-9-16(31-3)10-8-15/h5-10,28H,4,11-14H2,1-3H3,(H,23,24). The molecule has 0 atom stereocenters. The molecule has 2 heterocycles. The highest BCUT2D eigenvalue weighted by Gasteiger charge is 2.32. The summed E-state index contributed by atoms with van der Waals surface area (Å²) in [6.07, 6.45) is 5.32. The lowest BCUT2D eigenvalue weighted by Gasteiger charge is -2.29. The highest BCUT2D eigenvalue weighted by Crippen LogP contribution is 2.29. The van der Waals surface area contributed by atoms with E-state index in [0.717, 1.165) is 11.3 Å². The monoisotopic (exact) mass is 425 g/mol. The van der Waals surface area contributed by atoms with Crippen molar-refractivity contribution >= 4 is 17.1 Å². The Hall–Kier alpha value is -3.33. The first-order chi connectivity index (χ1) is 14.9. The summed E-state index contributed by atoms with van der Waals surface area (Å²) in [5, 5.41) is 13.4. The van der Waals surface area contributed by atoms with Crippen LogP contribution in [-0.4, -0.2) is 43.0 Å². The fourth-order valence-electron chi connectivity index (χ4n) is 4.02. The molecule has 2 N–H and O–H groups in total. The molecule has 4 rings (SSSR count). The Balaban J connectivity index is 1.91. The average Bonchev–Trinajstić information content (AvgIpc) is 3.39. The van der Waals surface area contributed by atoms with Gasteiger partial charge in [-0.3, -0.25) is 18.5 Å². The van der Waals surface area contributed by atoms with E-state index in [1.807, 2.05) is 36.4 Å². The van der Waals surface area contributed by atoms with Gasteiger partial charge in [-0.15, -0.1) is 0 Å². The number of anilines is 1. The van der Waals surface area contributed by atoms with Crippen molar-refractivity contribution < 1.29 is 9.84 Å². The minimum absolute atomic E-state index is 0.0795. The van der Waals surface area contributed by atoms with Crippen molar-refractivity contribution in [2.24, 2.45) is 7.05 Å². The van der Waals surface area contributed by atoms with Crippen molar-refractivity contribution in [3.63, 3.8) is 0 Å². The van der Waals surface area contributed by atoms with Crippen molar-refractivity contribution in [1.29, 1.82) is 0 Å². The minimum atomic E-state index is -0.582. The number of fused-ring (bicyclic) bond motifs is 1. The van der Waals surface area contributed by atoms with Crippen molar-refractivity contribution in [2.45, 2.75) is 38.4 Å². The Kier molecular flexibility index (Phi) is 5.45. The van der Waals surface area contributed by atoms with E-state index in [1.165, 1.54) is 9.13 Å². The summed E-state index contributed by atoms with van der Waals surface area (Å²) in [5.74, 6) is 1.19. The van der Waals surface area contributed by atoms with E-state index >= 15 is 0 Å². The van der Waals surface area contributed by atoms with E-state index in [1.54, 1.807) is 25.6 Å². The summed E-state index contributed by atoms with van der Waals surface area (Å²) < 4.78 is 9.63. The zero-order valence-electron chi connectivity index (χ0n) is 18.0. The van der Waals surface area contributed by atoms with Gasteiger partial charge in [0.25, 0.3) is 5.56 Å². The Morgan fingerprint density at radius 1 is 1.16 bits per heavy atom. The van der Waals surface area contributed by atoms with Crippen LogP contribution in [-0.2, 0) is 20.1 Å². The second-order valence-electron chi connectivity index (χ2n) is 7.88.